The first kappa shape index (κ1) is 15.0. The van der Waals surface area contributed by atoms with E-state index in [9.17, 15) is 9.59 Å². The van der Waals surface area contributed by atoms with Crippen LogP contribution >= 0.6 is 11.6 Å². The summed E-state index contributed by atoms with van der Waals surface area (Å²) >= 11 is 5.71. The van der Waals surface area contributed by atoms with Crippen LogP contribution in [0.1, 0.15) is 27.8 Å². The van der Waals surface area contributed by atoms with Gasteiger partial charge in [0.2, 0.25) is 0 Å². The van der Waals surface area contributed by atoms with Crippen molar-refractivity contribution in [2.45, 2.75) is 6.92 Å². The molecule has 0 radical (unpaired) electrons. The number of pyridine rings is 1. The van der Waals surface area contributed by atoms with Crippen molar-refractivity contribution in [1.29, 1.82) is 0 Å². The summed E-state index contributed by atoms with van der Waals surface area (Å²) in [5, 5.41) is 6.98. The molecule has 2 aromatic heterocycles. The van der Waals surface area contributed by atoms with Gasteiger partial charge in [0, 0.05) is 19.4 Å². The zero-order chi connectivity index (χ0) is 15.4. The molecule has 0 bridgehead atoms. The van der Waals surface area contributed by atoms with Crippen LogP contribution in [-0.4, -0.2) is 33.2 Å². The molecule has 2 rings (SSSR count). The molecule has 0 saturated carbocycles. The van der Waals surface area contributed by atoms with E-state index in [0.717, 1.165) is 0 Å². The molecule has 0 aliphatic rings. The Hall–Kier alpha value is -2.41. The molecule has 2 aromatic rings. The van der Waals surface area contributed by atoms with Crippen LogP contribution in [0.15, 0.2) is 24.5 Å². The minimum atomic E-state index is -0.551. The van der Waals surface area contributed by atoms with E-state index in [1.807, 2.05) is 0 Å². The second-order valence-electron chi connectivity index (χ2n) is 4.10. The minimum Gasteiger partial charge on any atom is -0.462 e. The van der Waals surface area contributed by atoms with Gasteiger partial charge in [-0.3, -0.25) is 9.48 Å². The fraction of sp³-hybridized carbons (Fsp3) is 0.231. The van der Waals surface area contributed by atoms with Gasteiger partial charge in [-0.25, -0.2) is 9.78 Å². The second-order valence-corrected chi connectivity index (χ2v) is 4.54. The molecule has 1 N–H and O–H groups in total. The predicted molar refractivity (Wildman–Crippen MR) is 76.4 cm³/mol. The van der Waals surface area contributed by atoms with Crippen molar-refractivity contribution < 1.29 is 14.3 Å². The van der Waals surface area contributed by atoms with Gasteiger partial charge in [-0.1, -0.05) is 11.6 Å². The molecule has 1 amide bonds. The van der Waals surface area contributed by atoms with Crippen LogP contribution < -0.4 is 5.32 Å². The molecule has 2 heterocycles. The molecule has 7 nitrogen and oxygen atoms in total. The third kappa shape index (κ3) is 3.57. The van der Waals surface area contributed by atoms with E-state index in [0.29, 0.717) is 5.02 Å². The summed E-state index contributed by atoms with van der Waals surface area (Å²) in [4.78, 5) is 27.7. The quantitative estimate of drug-likeness (QED) is 0.872. The average molecular weight is 309 g/mol. The van der Waals surface area contributed by atoms with Crippen LogP contribution in [-0.2, 0) is 11.8 Å². The average Bonchev–Trinajstić information content (AvgIpc) is 2.80. The minimum absolute atomic E-state index is 0.123. The first-order chi connectivity index (χ1) is 10.0. The number of hydrogen-bond donors (Lipinski definition) is 1. The second kappa shape index (κ2) is 6.36. The monoisotopic (exact) mass is 308 g/mol. The molecular weight excluding hydrogens is 296 g/mol. The number of halogens is 1. The lowest BCUT2D eigenvalue weighted by molar-refractivity contribution is 0.0527. The Morgan fingerprint density at radius 1 is 1.43 bits per heavy atom. The van der Waals surface area contributed by atoms with E-state index in [1.165, 1.54) is 23.1 Å². The van der Waals surface area contributed by atoms with Gasteiger partial charge < -0.3 is 10.1 Å². The zero-order valence-electron chi connectivity index (χ0n) is 11.5. The topological polar surface area (TPSA) is 86.1 Å². The Kier molecular flexibility index (Phi) is 4.54. The van der Waals surface area contributed by atoms with Gasteiger partial charge in [0.05, 0.1) is 11.6 Å². The number of nitrogens with zero attached hydrogens (tertiary/aromatic N) is 3. The smallest absolute Gasteiger partial charge is 0.343 e. The number of hydrogen-bond acceptors (Lipinski definition) is 5. The normalized spacial score (nSPS) is 10.2. The molecule has 0 aliphatic carbocycles. The predicted octanol–water partition coefficient (Wildman–Crippen LogP) is 1.90. The maximum absolute atomic E-state index is 12.0. The number of aryl methyl sites for hydroxylation is 1. The summed E-state index contributed by atoms with van der Waals surface area (Å²) in [6, 6.07) is 3.03. The SMILES string of the molecule is CCOC(=O)c1cn(C)nc1NC(=O)c1ccc(Cl)cn1. The molecular formula is C13H13ClN4O3. The van der Waals surface area contributed by atoms with Gasteiger partial charge in [-0.05, 0) is 19.1 Å². The first-order valence-corrected chi connectivity index (χ1v) is 6.52. The van der Waals surface area contributed by atoms with Crippen LogP contribution in [0.3, 0.4) is 0 Å². The zero-order valence-corrected chi connectivity index (χ0v) is 12.2. The number of ether oxygens (including phenoxy) is 1. The molecule has 110 valence electrons. The Morgan fingerprint density at radius 3 is 2.81 bits per heavy atom. The van der Waals surface area contributed by atoms with Gasteiger partial charge in [0.25, 0.3) is 5.91 Å². The summed E-state index contributed by atoms with van der Waals surface area (Å²) in [6.45, 7) is 1.93. The lowest BCUT2D eigenvalue weighted by Gasteiger charge is -2.04. The number of esters is 1. The van der Waals surface area contributed by atoms with Crippen molar-refractivity contribution in [3.63, 3.8) is 0 Å². The fourth-order valence-electron chi connectivity index (χ4n) is 1.62. The van der Waals surface area contributed by atoms with E-state index in [2.05, 4.69) is 15.4 Å². The highest BCUT2D eigenvalue weighted by molar-refractivity contribution is 6.30. The van der Waals surface area contributed by atoms with Crippen LogP contribution in [0, 0.1) is 0 Å². The number of carbonyl (C=O) groups is 2. The van der Waals surface area contributed by atoms with Crippen molar-refractivity contribution >= 4 is 29.3 Å². The maximum atomic E-state index is 12.0. The van der Waals surface area contributed by atoms with Crippen LogP contribution in [0.5, 0.6) is 0 Å². The van der Waals surface area contributed by atoms with E-state index < -0.39 is 11.9 Å². The van der Waals surface area contributed by atoms with Crippen LogP contribution in [0.2, 0.25) is 5.02 Å². The van der Waals surface area contributed by atoms with Crippen molar-refractivity contribution in [3.8, 4) is 0 Å². The molecule has 21 heavy (non-hydrogen) atoms. The van der Waals surface area contributed by atoms with Gasteiger partial charge >= 0.3 is 5.97 Å². The van der Waals surface area contributed by atoms with Crippen molar-refractivity contribution in [2.75, 3.05) is 11.9 Å². The summed E-state index contributed by atoms with van der Waals surface area (Å²) in [7, 11) is 1.64. The highest BCUT2D eigenvalue weighted by Crippen LogP contribution is 2.15. The Morgan fingerprint density at radius 2 is 2.19 bits per heavy atom. The summed E-state index contributed by atoms with van der Waals surface area (Å²) in [6.07, 6.45) is 2.84. The molecule has 0 aliphatic heterocycles. The summed E-state index contributed by atoms with van der Waals surface area (Å²) in [5.74, 6) is -0.918. The Balaban J connectivity index is 2.21. The lowest BCUT2D eigenvalue weighted by atomic mass is 10.3. The standard InChI is InChI=1S/C13H13ClN4O3/c1-3-21-13(20)9-7-18(2)17-11(9)16-12(19)10-5-4-8(14)6-15-10/h4-7H,3H2,1-2H3,(H,16,17,19). The first-order valence-electron chi connectivity index (χ1n) is 6.15. The van der Waals surface area contributed by atoms with Gasteiger partial charge in [0.15, 0.2) is 5.82 Å². The highest BCUT2D eigenvalue weighted by atomic mass is 35.5. The molecule has 0 aromatic carbocycles. The van der Waals surface area contributed by atoms with Crippen molar-refractivity contribution in [3.05, 3.63) is 40.8 Å². The van der Waals surface area contributed by atoms with Gasteiger partial charge in [0.1, 0.15) is 11.3 Å². The number of carbonyl (C=O) groups excluding carboxylic acids is 2. The maximum Gasteiger partial charge on any atom is 0.343 e. The molecule has 8 heteroatoms. The van der Waals surface area contributed by atoms with Crippen molar-refractivity contribution in [1.82, 2.24) is 14.8 Å². The van der Waals surface area contributed by atoms with E-state index >= 15 is 0 Å². The third-order valence-electron chi connectivity index (χ3n) is 2.52. The van der Waals surface area contributed by atoms with E-state index in [-0.39, 0.29) is 23.7 Å². The Bertz CT molecular complexity index is 667. The highest BCUT2D eigenvalue weighted by Gasteiger charge is 2.19. The van der Waals surface area contributed by atoms with Crippen LogP contribution in [0.25, 0.3) is 0 Å². The summed E-state index contributed by atoms with van der Waals surface area (Å²) in [5.41, 5.74) is 0.349. The van der Waals surface area contributed by atoms with Crippen LogP contribution in [0.4, 0.5) is 5.82 Å². The number of amides is 1. The van der Waals surface area contributed by atoms with Gasteiger partial charge in [-0.2, -0.15) is 5.10 Å². The largest absolute Gasteiger partial charge is 0.462 e. The lowest BCUT2D eigenvalue weighted by Crippen LogP contribution is -2.16. The van der Waals surface area contributed by atoms with Gasteiger partial charge in [-0.15, -0.1) is 0 Å². The molecule has 0 fully saturated rings. The fourth-order valence-corrected chi connectivity index (χ4v) is 1.73. The molecule has 0 saturated heterocycles. The van der Waals surface area contributed by atoms with E-state index in [1.54, 1.807) is 20.0 Å². The molecule has 0 spiro atoms. The number of rotatable bonds is 4. The number of anilines is 1. The number of aromatic nitrogens is 3. The van der Waals surface area contributed by atoms with Crippen molar-refractivity contribution in [2.24, 2.45) is 7.05 Å². The molecule has 0 unspecified atom stereocenters. The third-order valence-corrected chi connectivity index (χ3v) is 2.74. The summed E-state index contributed by atoms with van der Waals surface area (Å²) < 4.78 is 6.32. The Labute approximate surface area is 125 Å². The molecule has 0 atom stereocenters. The number of nitrogens with one attached hydrogen (secondary N) is 1. The van der Waals surface area contributed by atoms with E-state index in [4.69, 9.17) is 16.3 Å².